The summed E-state index contributed by atoms with van der Waals surface area (Å²) in [6.07, 6.45) is -4.68. The number of benzene rings is 2. The first-order valence-corrected chi connectivity index (χ1v) is 9.93. The molecule has 170 valence electrons. The van der Waals surface area contributed by atoms with Crippen molar-refractivity contribution in [2.45, 2.75) is 26.1 Å². The smallest absolute Gasteiger partial charge is 0.416 e. The highest BCUT2D eigenvalue weighted by atomic mass is 19.4. The van der Waals surface area contributed by atoms with Gasteiger partial charge in [-0.15, -0.1) is 0 Å². The van der Waals surface area contributed by atoms with Gasteiger partial charge in [-0.2, -0.15) is 13.2 Å². The number of carbonyl (C=O) groups is 2. The quantitative estimate of drug-likeness (QED) is 0.656. The Kier molecular flexibility index (Phi) is 6.76. The van der Waals surface area contributed by atoms with Crippen molar-refractivity contribution in [3.63, 3.8) is 0 Å². The minimum absolute atomic E-state index is 0.0135. The summed E-state index contributed by atoms with van der Waals surface area (Å²) in [4.78, 5) is 26.7. The molecule has 2 aromatic carbocycles. The summed E-state index contributed by atoms with van der Waals surface area (Å²) in [5.41, 5.74) is -0.254. The molecular formula is C23H23F3N2O4. The van der Waals surface area contributed by atoms with Crippen molar-refractivity contribution >= 4 is 12.0 Å². The highest BCUT2D eigenvalue weighted by Gasteiger charge is 2.42. The average Bonchev–Trinajstić information content (AvgIpc) is 2.74. The number of ether oxygens (including phenoxy) is 2. The maximum absolute atomic E-state index is 13.7. The van der Waals surface area contributed by atoms with E-state index in [4.69, 9.17) is 9.47 Å². The molecule has 0 aliphatic carbocycles. The predicted molar refractivity (Wildman–Crippen MR) is 111 cm³/mol. The van der Waals surface area contributed by atoms with Gasteiger partial charge in [0.2, 0.25) is 0 Å². The van der Waals surface area contributed by atoms with Gasteiger partial charge in [-0.3, -0.25) is 4.90 Å². The Morgan fingerprint density at radius 2 is 1.88 bits per heavy atom. The van der Waals surface area contributed by atoms with Crippen LogP contribution in [0.3, 0.4) is 0 Å². The maximum atomic E-state index is 13.7. The molecule has 1 aliphatic rings. The van der Waals surface area contributed by atoms with Crippen molar-refractivity contribution in [1.82, 2.24) is 10.2 Å². The van der Waals surface area contributed by atoms with Crippen molar-refractivity contribution in [2.24, 2.45) is 0 Å². The molecule has 3 rings (SSSR count). The lowest BCUT2D eigenvalue weighted by atomic mass is 9.91. The van der Waals surface area contributed by atoms with Crippen molar-refractivity contribution in [3.05, 3.63) is 76.5 Å². The second-order valence-corrected chi connectivity index (χ2v) is 7.21. The number of amides is 2. The number of hydrogen-bond donors (Lipinski definition) is 1. The Labute approximate surface area is 183 Å². The number of nitrogens with one attached hydrogen (secondary N) is 1. The number of urea groups is 1. The molecule has 0 aromatic heterocycles. The summed E-state index contributed by atoms with van der Waals surface area (Å²) < 4.78 is 51.9. The van der Waals surface area contributed by atoms with Crippen molar-refractivity contribution in [1.29, 1.82) is 0 Å². The van der Waals surface area contributed by atoms with E-state index in [-0.39, 0.29) is 30.0 Å². The molecule has 6 nitrogen and oxygen atoms in total. The summed E-state index contributed by atoms with van der Waals surface area (Å²) in [7, 11) is 1.41. The SMILES string of the molecule is CCOC(=O)C1=C(COc2cccc(C)c2)N(C)C(=O)NC1c1ccccc1C(F)(F)F. The van der Waals surface area contributed by atoms with E-state index in [1.165, 1.54) is 25.2 Å². The highest BCUT2D eigenvalue weighted by molar-refractivity contribution is 5.95. The third-order valence-corrected chi connectivity index (χ3v) is 5.01. The predicted octanol–water partition coefficient (Wildman–Crippen LogP) is 4.61. The number of halogens is 3. The van der Waals surface area contributed by atoms with Gasteiger partial charge in [-0.05, 0) is 43.2 Å². The number of esters is 1. The lowest BCUT2D eigenvalue weighted by Gasteiger charge is -2.35. The van der Waals surface area contributed by atoms with Gasteiger partial charge in [0.05, 0.1) is 29.5 Å². The van der Waals surface area contributed by atoms with E-state index in [9.17, 15) is 22.8 Å². The molecule has 0 bridgehead atoms. The van der Waals surface area contributed by atoms with Crippen molar-refractivity contribution in [2.75, 3.05) is 20.3 Å². The topological polar surface area (TPSA) is 67.9 Å². The minimum Gasteiger partial charge on any atom is -0.487 e. The molecule has 1 unspecified atom stereocenters. The van der Waals surface area contributed by atoms with Crippen LogP contribution in [0.5, 0.6) is 5.75 Å². The van der Waals surface area contributed by atoms with Crippen molar-refractivity contribution in [3.8, 4) is 5.75 Å². The fourth-order valence-electron chi connectivity index (χ4n) is 3.48. The van der Waals surface area contributed by atoms with Gasteiger partial charge in [0.1, 0.15) is 12.4 Å². The van der Waals surface area contributed by atoms with Crippen LogP contribution in [0, 0.1) is 6.92 Å². The normalized spacial score (nSPS) is 16.6. The second-order valence-electron chi connectivity index (χ2n) is 7.21. The lowest BCUT2D eigenvalue weighted by Crippen LogP contribution is -2.48. The Hall–Kier alpha value is -3.49. The van der Waals surface area contributed by atoms with E-state index in [1.54, 1.807) is 25.1 Å². The molecule has 0 saturated heterocycles. The van der Waals surface area contributed by atoms with Gasteiger partial charge in [-0.1, -0.05) is 30.3 Å². The van der Waals surface area contributed by atoms with Crippen LogP contribution in [-0.4, -0.2) is 37.2 Å². The Balaban J connectivity index is 2.12. The number of carbonyl (C=O) groups excluding carboxylic acids is 2. The second kappa shape index (κ2) is 9.33. The van der Waals surface area contributed by atoms with Crippen LogP contribution < -0.4 is 10.1 Å². The Morgan fingerprint density at radius 3 is 2.53 bits per heavy atom. The molecule has 2 amide bonds. The zero-order valence-corrected chi connectivity index (χ0v) is 17.8. The van der Waals surface area contributed by atoms with E-state index < -0.39 is 29.8 Å². The molecule has 0 radical (unpaired) electrons. The van der Waals surface area contributed by atoms with Gasteiger partial charge in [-0.25, -0.2) is 9.59 Å². The standard InChI is InChI=1S/C23H23F3N2O4/c1-4-31-21(29)19-18(13-32-15-9-7-8-14(2)12-15)28(3)22(30)27-20(19)16-10-5-6-11-17(16)23(24,25)26/h5-12,20H,4,13H2,1-3H3,(H,27,30). The first-order valence-electron chi connectivity index (χ1n) is 9.93. The summed E-state index contributed by atoms with van der Waals surface area (Å²) in [6.45, 7) is 3.26. The summed E-state index contributed by atoms with van der Waals surface area (Å²) >= 11 is 0. The molecule has 0 spiro atoms. The third-order valence-electron chi connectivity index (χ3n) is 5.01. The van der Waals surface area contributed by atoms with E-state index in [1.807, 2.05) is 13.0 Å². The van der Waals surface area contributed by atoms with Crippen molar-refractivity contribution < 1.29 is 32.2 Å². The number of alkyl halides is 3. The lowest BCUT2D eigenvalue weighted by molar-refractivity contribution is -0.141. The van der Waals surface area contributed by atoms with Crippen LogP contribution >= 0.6 is 0 Å². The molecule has 9 heteroatoms. The number of hydrogen-bond acceptors (Lipinski definition) is 4. The average molecular weight is 448 g/mol. The molecule has 1 N–H and O–H groups in total. The molecule has 1 aliphatic heterocycles. The van der Waals surface area contributed by atoms with Crippen LogP contribution in [0.1, 0.15) is 29.7 Å². The molecule has 1 atom stereocenters. The number of likely N-dealkylation sites (N-methyl/N-ethyl adjacent to an activating group) is 1. The monoisotopic (exact) mass is 448 g/mol. The van der Waals surface area contributed by atoms with E-state index in [0.29, 0.717) is 5.75 Å². The number of rotatable bonds is 6. The molecule has 2 aromatic rings. The van der Waals surface area contributed by atoms with Crippen LogP contribution in [0.25, 0.3) is 0 Å². The van der Waals surface area contributed by atoms with Crippen LogP contribution in [0.15, 0.2) is 59.8 Å². The van der Waals surface area contributed by atoms with Crippen LogP contribution in [-0.2, 0) is 15.7 Å². The van der Waals surface area contributed by atoms with Crippen LogP contribution in [0.4, 0.5) is 18.0 Å². The van der Waals surface area contributed by atoms with Gasteiger partial charge in [0, 0.05) is 7.05 Å². The Morgan fingerprint density at radius 1 is 1.16 bits per heavy atom. The first kappa shape index (κ1) is 23.2. The fraction of sp³-hybridized carbons (Fsp3) is 0.304. The minimum atomic E-state index is -4.68. The summed E-state index contributed by atoms with van der Waals surface area (Å²) in [6, 6.07) is 9.92. The van der Waals surface area contributed by atoms with E-state index in [0.717, 1.165) is 16.5 Å². The number of nitrogens with zero attached hydrogens (tertiary/aromatic N) is 1. The third kappa shape index (κ3) is 4.87. The largest absolute Gasteiger partial charge is 0.487 e. The van der Waals surface area contributed by atoms with Gasteiger partial charge in [0.25, 0.3) is 0 Å². The summed E-state index contributed by atoms with van der Waals surface area (Å²) in [5, 5.41) is 2.49. The molecular weight excluding hydrogens is 425 g/mol. The number of aryl methyl sites for hydroxylation is 1. The van der Waals surface area contributed by atoms with E-state index in [2.05, 4.69) is 5.32 Å². The summed E-state index contributed by atoms with van der Waals surface area (Å²) in [5.74, 6) is -0.337. The van der Waals surface area contributed by atoms with E-state index >= 15 is 0 Å². The maximum Gasteiger partial charge on any atom is 0.416 e. The first-order chi connectivity index (χ1) is 15.1. The Bertz CT molecular complexity index is 1050. The van der Waals surface area contributed by atoms with Gasteiger partial charge >= 0.3 is 18.2 Å². The molecule has 0 fully saturated rings. The fourth-order valence-corrected chi connectivity index (χ4v) is 3.48. The highest BCUT2D eigenvalue weighted by Crippen LogP contribution is 2.39. The molecule has 0 saturated carbocycles. The molecule has 32 heavy (non-hydrogen) atoms. The van der Waals surface area contributed by atoms with Gasteiger partial charge in [0.15, 0.2) is 0 Å². The zero-order valence-electron chi connectivity index (χ0n) is 17.8. The van der Waals surface area contributed by atoms with Crippen LogP contribution in [0.2, 0.25) is 0 Å². The van der Waals surface area contributed by atoms with Gasteiger partial charge < -0.3 is 14.8 Å². The zero-order chi connectivity index (χ0) is 23.5. The molecule has 1 heterocycles.